The Morgan fingerprint density at radius 2 is 2.29 bits per heavy atom. The van der Waals surface area contributed by atoms with Crippen LogP contribution in [-0.2, 0) is 13.6 Å². The first-order chi connectivity index (χ1) is 10.1. The molecule has 0 aromatic carbocycles. The molecule has 0 radical (unpaired) electrons. The topological polar surface area (TPSA) is 63.0 Å². The lowest BCUT2D eigenvalue weighted by atomic mass is 9.87. The van der Waals surface area contributed by atoms with E-state index in [4.69, 9.17) is 0 Å². The van der Waals surface area contributed by atoms with E-state index in [-0.39, 0.29) is 6.10 Å². The fourth-order valence-electron chi connectivity index (χ4n) is 3.32. The van der Waals surface area contributed by atoms with Gasteiger partial charge in [0.1, 0.15) is 0 Å². The van der Waals surface area contributed by atoms with E-state index in [1.807, 2.05) is 24.9 Å². The molecule has 0 saturated heterocycles. The summed E-state index contributed by atoms with van der Waals surface area (Å²) in [5.41, 5.74) is 3.15. The summed E-state index contributed by atoms with van der Waals surface area (Å²) in [4.78, 5) is 4.50. The first-order valence-corrected chi connectivity index (χ1v) is 7.80. The van der Waals surface area contributed by atoms with Crippen LogP contribution in [0.4, 0.5) is 0 Å². The zero-order valence-corrected chi connectivity index (χ0v) is 12.8. The van der Waals surface area contributed by atoms with Gasteiger partial charge >= 0.3 is 0 Å². The number of fused-ring (bicyclic) bond motifs is 1. The number of aryl methyl sites for hydroxylation is 2. The maximum atomic E-state index is 9.70. The average Bonchev–Trinajstić information content (AvgIpc) is 2.74. The summed E-state index contributed by atoms with van der Waals surface area (Å²) >= 11 is 0. The van der Waals surface area contributed by atoms with Crippen molar-refractivity contribution >= 4 is 11.0 Å². The molecule has 2 unspecified atom stereocenters. The molecule has 1 saturated carbocycles. The van der Waals surface area contributed by atoms with Crippen molar-refractivity contribution < 1.29 is 5.11 Å². The largest absolute Gasteiger partial charge is 0.393 e. The van der Waals surface area contributed by atoms with Crippen LogP contribution >= 0.6 is 0 Å². The molecule has 1 aliphatic rings. The number of hydrogen-bond donors (Lipinski definition) is 2. The Labute approximate surface area is 125 Å². The summed E-state index contributed by atoms with van der Waals surface area (Å²) in [7, 11) is 1.93. The molecule has 2 heterocycles. The third-order valence-corrected chi connectivity index (χ3v) is 4.44. The Balaban J connectivity index is 1.59. The molecule has 1 fully saturated rings. The predicted octanol–water partition coefficient (Wildman–Crippen LogP) is 1.92. The van der Waals surface area contributed by atoms with Crippen LogP contribution in [-0.4, -0.2) is 32.5 Å². The summed E-state index contributed by atoms with van der Waals surface area (Å²) < 4.78 is 1.82. The minimum atomic E-state index is -0.0957. The molecule has 1 aliphatic carbocycles. The second-order valence-electron chi connectivity index (χ2n) is 6.24. The minimum Gasteiger partial charge on any atom is -0.393 e. The number of nitrogens with one attached hydrogen (secondary N) is 1. The fourth-order valence-corrected chi connectivity index (χ4v) is 3.32. The van der Waals surface area contributed by atoms with Crippen molar-refractivity contribution in [3.63, 3.8) is 0 Å². The molecule has 2 atom stereocenters. The van der Waals surface area contributed by atoms with E-state index >= 15 is 0 Å². The molecular weight excluding hydrogens is 264 g/mol. The fraction of sp³-hybridized carbons (Fsp3) is 0.625. The average molecular weight is 288 g/mol. The smallest absolute Gasteiger partial charge is 0.157 e. The highest BCUT2D eigenvalue weighted by atomic mass is 16.3. The number of hydrogen-bond acceptors (Lipinski definition) is 4. The molecule has 21 heavy (non-hydrogen) atoms. The molecule has 5 heteroatoms. The first-order valence-electron chi connectivity index (χ1n) is 7.80. The molecule has 5 nitrogen and oxygen atoms in total. The van der Waals surface area contributed by atoms with Gasteiger partial charge in [0.25, 0.3) is 0 Å². The van der Waals surface area contributed by atoms with Gasteiger partial charge < -0.3 is 10.4 Å². The van der Waals surface area contributed by atoms with Crippen LogP contribution in [0.1, 0.15) is 36.9 Å². The van der Waals surface area contributed by atoms with Crippen LogP contribution in [0.2, 0.25) is 0 Å². The zero-order chi connectivity index (χ0) is 14.8. The second kappa shape index (κ2) is 6.12. The van der Waals surface area contributed by atoms with Crippen LogP contribution in [0.5, 0.6) is 0 Å². The molecule has 0 amide bonds. The van der Waals surface area contributed by atoms with E-state index in [2.05, 4.69) is 21.5 Å². The summed E-state index contributed by atoms with van der Waals surface area (Å²) in [6.07, 6.45) is 6.11. The molecule has 2 aromatic heterocycles. The molecule has 114 valence electrons. The number of rotatable bonds is 4. The van der Waals surface area contributed by atoms with Gasteiger partial charge in [0.15, 0.2) is 5.65 Å². The van der Waals surface area contributed by atoms with Crippen LogP contribution < -0.4 is 5.32 Å². The van der Waals surface area contributed by atoms with Gasteiger partial charge in [-0.15, -0.1) is 0 Å². The summed E-state index contributed by atoms with van der Waals surface area (Å²) in [5, 5.41) is 18.7. The number of aliphatic hydroxyl groups excluding tert-OH is 1. The van der Waals surface area contributed by atoms with Gasteiger partial charge in [0.2, 0.25) is 0 Å². The summed E-state index contributed by atoms with van der Waals surface area (Å²) in [6.45, 7) is 3.82. The van der Waals surface area contributed by atoms with Crippen LogP contribution in [0, 0.1) is 12.8 Å². The molecule has 0 bridgehead atoms. The number of pyridine rings is 1. The first kappa shape index (κ1) is 14.5. The standard InChI is InChI=1S/C16H24N4O/c1-11-15-7-13(10-18-16(15)20(2)19-11)9-17-8-12-4-3-5-14(21)6-12/h7,10,12,14,17,21H,3-6,8-9H2,1-2H3. The third kappa shape index (κ3) is 3.24. The lowest BCUT2D eigenvalue weighted by Gasteiger charge is -2.26. The molecule has 2 aromatic rings. The van der Waals surface area contributed by atoms with E-state index in [1.54, 1.807) is 0 Å². The van der Waals surface area contributed by atoms with E-state index in [9.17, 15) is 5.11 Å². The normalized spacial score (nSPS) is 22.8. The highest BCUT2D eigenvalue weighted by Crippen LogP contribution is 2.23. The monoisotopic (exact) mass is 288 g/mol. The van der Waals surface area contributed by atoms with Gasteiger partial charge in [-0.25, -0.2) is 4.98 Å². The lowest BCUT2D eigenvalue weighted by Crippen LogP contribution is -2.28. The Kier molecular flexibility index (Phi) is 4.22. The quantitative estimate of drug-likeness (QED) is 0.902. The lowest BCUT2D eigenvalue weighted by molar-refractivity contribution is 0.101. The van der Waals surface area contributed by atoms with Crippen molar-refractivity contribution in [2.75, 3.05) is 6.54 Å². The van der Waals surface area contributed by atoms with E-state index in [0.29, 0.717) is 5.92 Å². The summed E-state index contributed by atoms with van der Waals surface area (Å²) in [6, 6.07) is 2.17. The van der Waals surface area contributed by atoms with Crippen molar-refractivity contribution in [1.82, 2.24) is 20.1 Å². The maximum Gasteiger partial charge on any atom is 0.157 e. The molecule has 0 spiro atoms. The predicted molar refractivity (Wildman–Crippen MR) is 82.9 cm³/mol. The van der Waals surface area contributed by atoms with Gasteiger partial charge in [-0.05, 0) is 50.3 Å². The molecule has 2 N–H and O–H groups in total. The molecule has 3 rings (SSSR count). The molecular formula is C16H24N4O. The number of nitrogens with zero attached hydrogens (tertiary/aromatic N) is 3. The number of aliphatic hydroxyl groups is 1. The Morgan fingerprint density at radius 3 is 3.10 bits per heavy atom. The Bertz CT molecular complexity index is 622. The zero-order valence-electron chi connectivity index (χ0n) is 12.8. The third-order valence-electron chi connectivity index (χ3n) is 4.44. The van der Waals surface area contributed by atoms with E-state index in [0.717, 1.165) is 49.1 Å². The number of aromatic nitrogens is 3. The van der Waals surface area contributed by atoms with Crippen molar-refractivity contribution in [2.24, 2.45) is 13.0 Å². The van der Waals surface area contributed by atoms with Gasteiger partial charge in [-0.3, -0.25) is 4.68 Å². The van der Waals surface area contributed by atoms with Crippen molar-refractivity contribution in [1.29, 1.82) is 0 Å². The highest BCUT2D eigenvalue weighted by Gasteiger charge is 2.19. The van der Waals surface area contributed by atoms with Crippen LogP contribution in [0.3, 0.4) is 0 Å². The van der Waals surface area contributed by atoms with Crippen molar-refractivity contribution in [2.45, 2.75) is 45.3 Å². The Morgan fingerprint density at radius 1 is 1.43 bits per heavy atom. The van der Waals surface area contributed by atoms with Gasteiger partial charge in [-0.2, -0.15) is 5.10 Å². The Hall–Kier alpha value is -1.46. The second-order valence-corrected chi connectivity index (χ2v) is 6.24. The van der Waals surface area contributed by atoms with Crippen LogP contribution in [0.15, 0.2) is 12.3 Å². The van der Waals surface area contributed by atoms with Crippen LogP contribution in [0.25, 0.3) is 11.0 Å². The van der Waals surface area contributed by atoms with Gasteiger partial charge in [0, 0.05) is 25.2 Å². The van der Waals surface area contributed by atoms with Gasteiger partial charge in [-0.1, -0.05) is 6.42 Å². The SMILES string of the molecule is Cc1nn(C)c2ncc(CNCC3CCCC(O)C3)cc12. The van der Waals surface area contributed by atoms with Crippen molar-refractivity contribution in [3.8, 4) is 0 Å². The maximum absolute atomic E-state index is 9.70. The van der Waals surface area contributed by atoms with E-state index < -0.39 is 0 Å². The van der Waals surface area contributed by atoms with Gasteiger partial charge in [0.05, 0.1) is 11.8 Å². The minimum absolute atomic E-state index is 0.0957. The highest BCUT2D eigenvalue weighted by molar-refractivity contribution is 5.78. The summed E-state index contributed by atoms with van der Waals surface area (Å²) in [5.74, 6) is 0.602. The van der Waals surface area contributed by atoms with Crippen molar-refractivity contribution in [3.05, 3.63) is 23.5 Å². The van der Waals surface area contributed by atoms with E-state index in [1.165, 1.54) is 12.0 Å². The molecule has 0 aliphatic heterocycles.